The van der Waals surface area contributed by atoms with Gasteiger partial charge in [-0.05, 0) is 43.7 Å². The Hall–Kier alpha value is -1.36. The van der Waals surface area contributed by atoms with Crippen LogP contribution in [0.2, 0.25) is 0 Å². The van der Waals surface area contributed by atoms with Crippen molar-refractivity contribution in [3.8, 4) is 0 Å². The van der Waals surface area contributed by atoms with Gasteiger partial charge in [0.15, 0.2) is 0 Å². The fourth-order valence-corrected chi connectivity index (χ4v) is 3.26. The zero-order valence-corrected chi connectivity index (χ0v) is 12.0. The molecule has 19 heavy (non-hydrogen) atoms. The van der Waals surface area contributed by atoms with Crippen LogP contribution < -0.4 is 5.32 Å². The van der Waals surface area contributed by atoms with Gasteiger partial charge in [-0.15, -0.1) is 11.3 Å². The van der Waals surface area contributed by atoms with Gasteiger partial charge in [0.05, 0.1) is 11.3 Å². The first kappa shape index (κ1) is 14.1. The molecule has 0 aromatic carbocycles. The highest BCUT2D eigenvalue weighted by Crippen LogP contribution is 2.34. The lowest BCUT2D eigenvalue weighted by Crippen LogP contribution is -2.37. The molecule has 1 aromatic rings. The summed E-state index contributed by atoms with van der Waals surface area (Å²) in [6, 6.07) is 1.67. The van der Waals surface area contributed by atoms with Crippen molar-refractivity contribution in [3.63, 3.8) is 0 Å². The summed E-state index contributed by atoms with van der Waals surface area (Å²) in [5.41, 5.74) is 1.14. The lowest BCUT2D eigenvalue weighted by atomic mass is 10.1. The van der Waals surface area contributed by atoms with Gasteiger partial charge in [0, 0.05) is 10.9 Å². The number of carboxylic acids is 1. The second-order valence-corrected chi connectivity index (χ2v) is 6.22. The van der Waals surface area contributed by atoms with E-state index in [9.17, 15) is 9.59 Å². The van der Waals surface area contributed by atoms with E-state index in [2.05, 4.69) is 12.2 Å². The van der Waals surface area contributed by atoms with Gasteiger partial charge >= 0.3 is 5.97 Å². The second-order valence-electron chi connectivity index (χ2n) is 5.09. The predicted molar refractivity (Wildman–Crippen MR) is 74.7 cm³/mol. The zero-order chi connectivity index (χ0) is 14.0. The molecule has 2 N–H and O–H groups in total. The van der Waals surface area contributed by atoms with Gasteiger partial charge in [-0.25, -0.2) is 0 Å². The minimum Gasteiger partial charge on any atom is -0.481 e. The van der Waals surface area contributed by atoms with Crippen molar-refractivity contribution in [2.45, 2.75) is 45.6 Å². The first-order valence-corrected chi connectivity index (χ1v) is 7.44. The summed E-state index contributed by atoms with van der Waals surface area (Å²) in [4.78, 5) is 24.9. The Bertz CT molecular complexity index is 491. The van der Waals surface area contributed by atoms with E-state index in [1.807, 2.05) is 13.0 Å². The van der Waals surface area contributed by atoms with Crippen LogP contribution in [-0.4, -0.2) is 23.0 Å². The van der Waals surface area contributed by atoms with Crippen molar-refractivity contribution in [1.29, 1.82) is 0 Å². The number of carbonyl (C=O) groups excluding carboxylic acids is 1. The maximum atomic E-state index is 12.2. The number of thiophene rings is 1. The Morgan fingerprint density at radius 3 is 2.68 bits per heavy atom. The molecule has 1 aliphatic rings. The average molecular weight is 281 g/mol. The van der Waals surface area contributed by atoms with E-state index in [1.165, 1.54) is 16.2 Å². The minimum absolute atomic E-state index is 0.0153. The number of nitrogens with one attached hydrogen (secondary N) is 1. The molecule has 1 aliphatic carbocycles. The smallest absolute Gasteiger partial charge is 0.305 e. The molecular formula is C14H19NO3S. The fourth-order valence-electron chi connectivity index (χ4n) is 2.24. The molecule has 0 bridgehead atoms. The molecular weight excluding hydrogens is 262 g/mol. The third-order valence-corrected chi connectivity index (χ3v) is 4.85. The number of carbonyl (C=O) groups is 2. The third-order valence-electron chi connectivity index (χ3n) is 3.47. The van der Waals surface area contributed by atoms with Gasteiger partial charge in [-0.2, -0.15) is 0 Å². The van der Waals surface area contributed by atoms with Crippen molar-refractivity contribution in [1.82, 2.24) is 5.32 Å². The van der Waals surface area contributed by atoms with Crippen LogP contribution in [0.15, 0.2) is 6.07 Å². The summed E-state index contributed by atoms with van der Waals surface area (Å²) < 4.78 is 0. The van der Waals surface area contributed by atoms with Crippen LogP contribution in [0, 0.1) is 12.8 Å². The van der Waals surface area contributed by atoms with E-state index in [0.29, 0.717) is 10.8 Å². The third kappa shape index (κ3) is 3.56. The quantitative estimate of drug-likeness (QED) is 0.842. The van der Waals surface area contributed by atoms with Gasteiger partial charge < -0.3 is 10.4 Å². The van der Waals surface area contributed by atoms with Crippen LogP contribution in [0.5, 0.6) is 0 Å². The summed E-state index contributed by atoms with van der Waals surface area (Å²) in [6.45, 7) is 4.07. The van der Waals surface area contributed by atoms with E-state index in [1.54, 1.807) is 0 Å². The summed E-state index contributed by atoms with van der Waals surface area (Å²) in [6.07, 6.45) is 2.97. The molecule has 4 nitrogen and oxygen atoms in total. The highest BCUT2D eigenvalue weighted by Gasteiger charge is 2.34. The van der Waals surface area contributed by atoms with Gasteiger partial charge in [-0.3, -0.25) is 9.59 Å². The number of rotatable bonds is 6. The Labute approximate surface area is 116 Å². The van der Waals surface area contributed by atoms with Crippen molar-refractivity contribution < 1.29 is 14.7 Å². The molecule has 104 valence electrons. The van der Waals surface area contributed by atoms with Crippen LogP contribution in [0.4, 0.5) is 0 Å². The Balaban J connectivity index is 2.03. The Morgan fingerprint density at radius 2 is 2.21 bits per heavy atom. The number of amides is 1. The lowest BCUT2D eigenvalue weighted by Gasteiger charge is -2.15. The molecule has 1 heterocycles. The molecule has 1 amide bonds. The highest BCUT2D eigenvalue weighted by molar-refractivity contribution is 7.14. The first-order chi connectivity index (χ1) is 9.01. The Morgan fingerprint density at radius 1 is 1.53 bits per heavy atom. The molecule has 0 spiro atoms. The standard InChI is InChI=1S/C14H19NO3S/c1-3-11-8(2)6-12(19-11)14(18)15-10(7-13(16)17)9-4-5-9/h6,9-10H,3-5,7H2,1-2H3,(H,15,18)(H,16,17). The van der Waals surface area contributed by atoms with Crippen molar-refractivity contribution >= 4 is 23.2 Å². The number of carboxylic acid groups (broad SMARTS) is 1. The molecule has 1 aromatic heterocycles. The fraction of sp³-hybridized carbons (Fsp3) is 0.571. The Kier molecular flexibility index (Phi) is 4.24. The van der Waals surface area contributed by atoms with Crippen LogP contribution in [0.25, 0.3) is 0 Å². The topological polar surface area (TPSA) is 66.4 Å². The van der Waals surface area contributed by atoms with E-state index in [-0.39, 0.29) is 18.4 Å². The lowest BCUT2D eigenvalue weighted by molar-refractivity contribution is -0.137. The molecule has 1 saturated carbocycles. The van der Waals surface area contributed by atoms with Crippen LogP contribution in [-0.2, 0) is 11.2 Å². The highest BCUT2D eigenvalue weighted by atomic mass is 32.1. The van der Waals surface area contributed by atoms with Crippen LogP contribution in [0.3, 0.4) is 0 Å². The monoisotopic (exact) mass is 281 g/mol. The molecule has 1 unspecified atom stereocenters. The van der Waals surface area contributed by atoms with Gasteiger partial charge in [0.2, 0.25) is 0 Å². The molecule has 1 fully saturated rings. The van der Waals surface area contributed by atoms with Crippen molar-refractivity contribution in [3.05, 3.63) is 21.4 Å². The van der Waals surface area contributed by atoms with Crippen molar-refractivity contribution in [2.75, 3.05) is 0 Å². The summed E-state index contributed by atoms with van der Waals surface area (Å²) in [5.74, 6) is -0.647. The van der Waals surface area contributed by atoms with E-state index in [0.717, 1.165) is 24.8 Å². The molecule has 2 rings (SSSR count). The molecule has 5 heteroatoms. The van der Waals surface area contributed by atoms with E-state index in [4.69, 9.17) is 5.11 Å². The maximum absolute atomic E-state index is 12.2. The minimum atomic E-state index is -0.853. The SMILES string of the molecule is CCc1sc(C(=O)NC(CC(=O)O)C2CC2)cc1C. The van der Waals surface area contributed by atoms with Gasteiger partial charge in [0.1, 0.15) is 0 Å². The molecule has 0 saturated heterocycles. The average Bonchev–Trinajstić information content (AvgIpc) is 3.11. The van der Waals surface area contributed by atoms with Crippen LogP contribution >= 0.6 is 11.3 Å². The molecule has 0 aliphatic heterocycles. The molecule has 0 radical (unpaired) electrons. The maximum Gasteiger partial charge on any atom is 0.305 e. The number of aliphatic carboxylic acids is 1. The summed E-state index contributed by atoms with van der Waals surface area (Å²) in [7, 11) is 0. The van der Waals surface area contributed by atoms with E-state index < -0.39 is 5.97 Å². The number of hydrogen-bond acceptors (Lipinski definition) is 3. The van der Waals surface area contributed by atoms with E-state index >= 15 is 0 Å². The van der Waals surface area contributed by atoms with Gasteiger partial charge in [0.25, 0.3) is 5.91 Å². The molecule has 1 atom stereocenters. The van der Waals surface area contributed by atoms with Crippen molar-refractivity contribution in [2.24, 2.45) is 5.92 Å². The zero-order valence-electron chi connectivity index (χ0n) is 11.2. The summed E-state index contributed by atoms with van der Waals surface area (Å²) >= 11 is 1.50. The summed E-state index contributed by atoms with van der Waals surface area (Å²) in [5, 5.41) is 11.8. The number of aryl methyl sites for hydroxylation is 2. The first-order valence-electron chi connectivity index (χ1n) is 6.63. The number of hydrogen-bond donors (Lipinski definition) is 2. The second kappa shape index (κ2) is 5.74. The largest absolute Gasteiger partial charge is 0.481 e. The van der Waals surface area contributed by atoms with Gasteiger partial charge in [-0.1, -0.05) is 6.92 Å². The van der Waals surface area contributed by atoms with Crippen LogP contribution in [0.1, 0.15) is 46.3 Å². The normalized spacial score (nSPS) is 16.1. The predicted octanol–water partition coefficient (Wildman–Crippen LogP) is 2.60.